The number of pyridine rings is 1. The van der Waals surface area contributed by atoms with Gasteiger partial charge < -0.3 is 20.0 Å². The van der Waals surface area contributed by atoms with Crippen molar-refractivity contribution < 1.29 is 15.0 Å². The zero-order valence-electron chi connectivity index (χ0n) is 17.4. The van der Waals surface area contributed by atoms with Gasteiger partial charge in [-0.25, -0.2) is 0 Å². The topological polar surface area (TPSA) is 80.1 Å². The number of aryl methyl sites for hydroxylation is 1. The van der Waals surface area contributed by atoms with Crippen molar-refractivity contribution in [1.29, 1.82) is 0 Å². The average molecular weight is 391 g/mol. The number of aromatic hydroxyl groups is 1. The van der Waals surface area contributed by atoms with Gasteiger partial charge in [0.15, 0.2) is 0 Å². The van der Waals surface area contributed by atoms with E-state index in [-0.39, 0.29) is 23.7 Å². The number of hydrogen-bond donors (Lipinski definition) is 2. The molecular formula is C21H34N4O3. The Morgan fingerprint density at radius 1 is 1.29 bits per heavy atom. The summed E-state index contributed by atoms with van der Waals surface area (Å²) in [5.74, 6) is 0.465. The second-order valence-electron chi connectivity index (χ2n) is 8.79. The van der Waals surface area contributed by atoms with Crippen LogP contribution in [0.15, 0.2) is 6.20 Å². The van der Waals surface area contributed by atoms with E-state index in [1.54, 1.807) is 13.1 Å². The van der Waals surface area contributed by atoms with E-state index in [1.165, 1.54) is 0 Å². The molecule has 3 rings (SSSR count). The molecule has 2 N–H and O–H groups in total. The molecule has 7 nitrogen and oxygen atoms in total. The lowest BCUT2D eigenvalue weighted by molar-refractivity contribution is -0.139. The molecule has 2 aliphatic rings. The van der Waals surface area contributed by atoms with Gasteiger partial charge >= 0.3 is 0 Å². The van der Waals surface area contributed by atoms with Crippen LogP contribution in [0.2, 0.25) is 0 Å². The number of carbonyl (C=O) groups excluding carboxylic acids is 1. The van der Waals surface area contributed by atoms with Crippen LogP contribution in [0.3, 0.4) is 0 Å². The van der Waals surface area contributed by atoms with Crippen LogP contribution in [-0.4, -0.2) is 82.6 Å². The minimum atomic E-state index is -0.123. The SMILES string of the molecule is Cc1ncc(CO)c(CN2CCC[C@@]3(CCC(=O)N(CCN(C)C)C3)C2)c1O. The lowest BCUT2D eigenvalue weighted by Crippen LogP contribution is -2.54. The fraction of sp³-hybridized carbons (Fsp3) is 0.714. The molecule has 1 spiro atoms. The van der Waals surface area contributed by atoms with Gasteiger partial charge in [-0.15, -0.1) is 0 Å². The number of nitrogens with zero attached hydrogens (tertiary/aromatic N) is 4. The van der Waals surface area contributed by atoms with Crippen LogP contribution in [0, 0.1) is 12.3 Å². The summed E-state index contributed by atoms with van der Waals surface area (Å²) in [6.07, 6.45) is 5.46. The molecule has 0 aromatic carbocycles. The first kappa shape index (κ1) is 21.0. The van der Waals surface area contributed by atoms with Gasteiger partial charge in [-0.3, -0.25) is 14.7 Å². The normalized spacial score (nSPS) is 23.8. The maximum absolute atomic E-state index is 12.4. The molecule has 1 aromatic heterocycles. The van der Waals surface area contributed by atoms with Crippen molar-refractivity contribution in [3.8, 4) is 5.75 Å². The zero-order valence-corrected chi connectivity index (χ0v) is 17.4. The third kappa shape index (κ3) is 4.64. The molecule has 7 heteroatoms. The molecule has 1 aromatic rings. The molecular weight excluding hydrogens is 356 g/mol. The molecule has 2 saturated heterocycles. The van der Waals surface area contributed by atoms with Gasteiger partial charge in [0.25, 0.3) is 0 Å². The van der Waals surface area contributed by atoms with Crippen LogP contribution in [0.25, 0.3) is 0 Å². The van der Waals surface area contributed by atoms with Crippen molar-refractivity contribution in [3.63, 3.8) is 0 Å². The number of amides is 1. The first-order valence-corrected chi connectivity index (χ1v) is 10.3. The van der Waals surface area contributed by atoms with Crippen LogP contribution in [0.5, 0.6) is 5.75 Å². The van der Waals surface area contributed by atoms with Crippen LogP contribution in [0.1, 0.15) is 42.5 Å². The Morgan fingerprint density at radius 3 is 2.79 bits per heavy atom. The highest BCUT2D eigenvalue weighted by molar-refractivity contribution is 5.77. The second-order valence-corrected chi connectivity index (χ2v) is 8.79. The highest BCUT2D eigenvalue weighted by Gasteiger charge is 2.41. The highest BCUT2D eigenvalue weighted by atomic mass is 16.3. The van der Waals surface area contributed by atoms with Crippen molar-refractivity contribution in [3.05, 3.63) is 23.0 Å². The summed E-state index contributed by atoms with van der Waals surface area (Å²) >= 11 is 0. The van der Waals surface area contributed by atoms with Gasteiger partial charge in [0, 0.05) is 61.9 Å². The number of piperidine rings is 2. The van der Waals surface area contributed by atoms with Gasteiger partial charge in [0.2, 0.25) is 5.91 Å². The van der Waals surface area contributed by atoms with Gasteiger partial charge in [-0.05, 0) is 46.8 Å². The summed E-state index contributed by atoms with van der Waals surface area (Å²) in [6.45, 7) is 6.66. The Kier molecular flexibility index (Phi) is 6.58. The minimum Gasteiger partial charge on any atom is -0.506 e. The molecule has 1 amide bonds. The quantitative estimate of drug-likeness (QED) is 0.763. The molecule has 3 heterocycles. The van der Waals surface area contributed by atoms with Gasteiger partial charge in [-0.1, -0.05) is 0 Å². The van der Waals surface area contributed by atoms with Crippen molar-refractivity contribution >= 4 is 5.91 Å². The molecule has 2 fully saturated rings. The third-order valence-electron chi connectivity index (χ3n) is 6.29. The Labute approximate surface area is 168 Å². The number of carbonyl (C=O) groups is 1. The maximum Gasteiger partial charge on any atom is 0.222 e. The number of likely N-dealkylation sites (tertiary alicyclic amines) is 2. The lowest BCUT2D eigenvalue weighted by atomic mass is 9.73. The monoisotopic (exact) mass is 390 g/mol. The summed E-state index contributed by atoms with van der Waals surface area (Å²) in [6, 6.07) is 0. The van der Waals surface area contributed by atoms with E-state index in [2.05, 4.69) is 14.8 Å². The molecule has 0 aliphatic carbocycles. The summed E-state index contributed by atoms with van der Waals surface area (Å²) in [7, 11) is 4.07. The minimum absolute atomic E-state index is 0.123. The number of aliphatic hydroxyl groups excluding tert-OH is 1. The van der Waals surface area contributed by atoms with E-state index < -0.39 is 0 Å². The van der Waals surface area contributed by atoms with E-state index in [1.807, 2.05) is 19.0 Å². The summed E-state index contributed by atoms with van der Waals surface area (Å²) < 4.78 is 0. The molecule has 28 heavy (non-hydrogen) atoms. The molecule has 1 atom stereocenters. The van der Waals surface area contributed by atoms with E-state index >= 15 is 0 Å². The Morgan fingerprint density at radius 2 is 2.07 bits per heavy atom. The maximum atomic E-state index is 12.4. The average Bonchev–Trinajstić information content (AvgIpc) is 2.67. The highest BCUT2D eigenvalue weighted by Crippen LogP contribution is 2.40. The molecule has 0 bridgehead atoms. The number of rotatable bonds is 6. The fourth-order valence-electron chi connectivity index (χ4n) is 4.63. The summed E-state index contributed by atoms with van der Waals surface area (Å²) in [5, 5.41) is 20.1. The molecule has 0 unspecified atom stereocenters. The fourth-order valence-corrected chi connectivity index (χ4v) is 4.63. The lowest BCUT2D eigenvalue weighted by Gasteiger charge is -2.48. The smallest absolute Gasteiger partial charge is 0.222 e. The molecule has 0 radical (unpaired) electrons. The first-order chi connectivity index (χ1) is 13.3. The zero-order chi connectivity index (χ0) is 20.3. The van der Waals surface area contributed by atoms with Crippen LogP contribution in [-0.2, 0) is 17.9 Å². The number of likely N-dealkylation sites (N-methyl/N-ethyl adjacent to an activating group) is 1. The van der Waals surface area contributed by atoms with E-state index in [0.29, 0.717) is 24.2 Å². The second kappa shape index (κ2) is 8.76. The van der Waals surface area contributed by atoms with Crippen LogP contribution >= 0.6 is 0 Å². The number of aromatic nitrogens is 1. The Hall–Kier alpha value is -1.70. The summed E-state index contributed by atoms with van der Waals surface area (Å²) in [5.41, 5.74) is 2.20. The number of aliphatic hydroxyl groups is 1. The Balaban J connectivity index is 1.72. The van der Waals surface area contributed by atoms with Gasteiger partial charge in [0.1, 0.15) is 5.75 Å². The summed E-state index contributed by atoms with van der Waals surface area (Å²) in [4.78, 5) is 23.1. The van der Waals surface area contributed by atoms with E-state index in [4.69, 9.17) is 0 Å². The molecule has 2 aliphatic heterocycles. The van der Waals surface area contributed by atoms with Crippen molar-refractivity contribution in [2.75, 3.05) is 46.8 Å². The number of hydrogen-bond acceptors (Lipinski definition) is 6. The van der Waals surface area contributed by atoms with Crippen LogP contribution < -0.4 is 0 Å². The predicted molar refractivity (Wildman–Crippen MR) is 108 cm³/mol. The van der Waals surface area contributed by atoms with E-state index in [9.17, 15) is 15.0 Å². The van der Waals surface area contributed by atoms with Crippen molar-refractivity contribution in [2.24, 2.45) is 5.41 Å². The van der Waals surface area contributed by atoms with Crippen molar-refractivity contribution in [2.45, 2.75) is 45.8 Å². The molecule has 156 valence electrons. The third-order valence-corrected chi connectivity index (χ3v) is 6.29. The first-order valence-electron chi connectivity index (χ1n) is 10.3. The van der Waals surface area contributed by atoms with Gasteiger partial charge in [0.05, 0.1) is 12.3 Å². The molecule has 0 saturated carbocycles. The van der Waals surface area contributed by atoms with Crippen molar-refractivity contribution in [1.82, 2.24) is 19.7 Å². The predicted octanol–water partition coefficient (Wildman–Crippen LogP) is 1.35. The van der Waals surface area contributed by atoms with E-state index in [0.717, 1.165) is 57.5 Å². The Bertz CT molecular complexity index is 709. The van der Waals surface area contributed by atoms with Gasteiger partial charge in [-0.2, -0.15) is 0 Å². The largest absolute Gasteiger partial charge is 0.506 e. The van der Waals surface area contributed by atoms with Crippen LogP contribution in [0.4, 0.5) is 0 Å². The standard InChI is InChI=1S/C21H34N4O3/c1-16-20(28)18(17(13-26)11-22-16)12-24-8-4-6-21(14-24)7-5-19(27)25(15-21)10-9-23(2)3/h11,26,28H,4-10,12-15H2,1-3H3/t21-/m1/s1.